The minimum Gasteiger partial charge on any atom is -0.478 e. The quantitative estimate of drug-likeness (QED) is 0.742. The second-order valence-electron chi connectivity index (χ2n) is 2.58. The first-order valence-electron chi connectivity index (χ1n) is 3.66. The summed E-state index contributed by atoms with van der Waals surface area (Å²) in [7, 11) is 0. The normalized spacial score (nSPS) is 9.62. The van der Waals surface area contributed by atoms with Crippen LogP contribution >= 0.6 is 12.4 Å². The van der Waals surface area contributed by atoms with E-state index >= 15 is 0 Å². The Kier molecular flexibility index (Phi) is 4.85. The highest BCUT2D eigenvalue weighted by molar-refractivity contribution is 5.85. The molecule has 0 fully saturated rings. The van der Waals surface area contributed by atoms with Crippen LogP contribution in [0.3, 0.4) is 0 Å². The fourth-order valence-corrected chi connectivity index (χ4v) is 0.845. The van der Waals surface area contributed by atoms with Crippen LogP contribution in [0.5, 0.6) is 0 Å². The van der Waals surface area contributed by atoms with Gasteiger partial charge >= 0.3 is 5.97 Å². The van der Waals surface area contributed by atoms with Gasteiger partial charge in [-0.05, 0) is 18.6 Å². The first-order chi connectivity index (χ1) is 5.68. The lowest BCUT2D eigenvalue weighted by Gasteiger charge is -1.92. The fraction of sp³-hybridized carbons (Fsp3) is 0.100. The largest absolute Gasteiger partial charge is 0.478 e. The number of carboxylic acids is 1. The molecule has 0 saturated heterocycles. The molecular weight excluding hydrogens is 188 g/mol. The minimum atomic E-state index is -0.921. The predicted octanol–water partition coefficient (Wildman–Crippen LogP) is 2.51. The summed E-state index contributed by atoms with van der Waals surface area (Å²) in [6.07, 6.45) is 2.70. The zero-order valence-electron chi connectivity index (χ0n) is 7.23. The molecule has 0 aliphatic rings. The molecule has 0 heterocycles. The first-order valence-corrected chi connectivity index (χ1v) is 3.66. The van der Waals surface area contributed by atoms with Crippen molar-refractivity contribution in [3.63, 3.8) is 0 Å². The maximum absolute atomic E-state index is 10.2. The van der Waals surface area contributed by atoms with Gasteiger partial charge < -0.3 is 5.11 Å². The van der Waals surface area contributed by atoms with Crippen molar-refractivity contribution < 1.29 is 9.90 Å². The van der Waals surface area contributed by atoms with E-state index in [0.29, 0.717) is 0 Å². The van der Waals surface area contributed by atoms with Crippen LogP contribution in [0.25, 0.3) is 6.08 Å². The molecule has 0 aliphatic heterocycles. The number of rotatable bonds is 2. The van der Waals surface area contributed by atoms with E-state index in [-0.39, 0.29) is 12.4 Å². The molecule has 0 unspecified atom stereocenters. The van der Waals surface area contributed by atoms with Crippen LogP contribution < -0.4 is 0 Å². The van der Waals surface area contributed by atoms with E-state index in [4.69, 9.17) is 5.11 Å². The lowest BCUT2D eigenvalue weighted by molar-refractivity contribution is -0.131. The number of hydrogen-bond acceptors (Lipinski definition) is 1. The summed E-state index contributed by atoms with van der Waals surface area (Å²) in [5, 5.41) is 8.34. The van der Waals surface area contributed by atoms with Crippen LogP contribution in [0.1, 0.15) is 11.1 Å². The van der Waals surface area contributed by atoms with Crippen molar-refractivity contribution >= 4 is 24.5 Å². The lowest BCUT2D eigenvalue weighted by atomic mass is 10.1. The van der Waals surface area contributed by atoms with Gasteiger partial charge in [0.15, 0.2) is 0 Å². The van der Waals surface area contributed by atoms with Gasteiger partial charge in [0.2, 0.25) is 0 Å². The Morgan fingerprint density at radius 3 is 2.31 bits per heavy atom. The van der Waals surface area contributed by atoms with Gasteiger partial charge in [-0.25, -0.2) is 4.79 Å². The van der Waals surface area contributed by atoms with Crippen molar-refractivity contribution in [1.29, 1.82) is 0 Å². The molecule has 0 spiro atoms. The highest BCUT2D eigenvalue weighted by Crippen LogP contribution is 2.04. The summed E-state index contributed by atoms with van der Waals surface area (Å²) in [5.41, 5.74) is 2.07. The Labute approximate surface area is 83.3 Å². The van der Waals surface area contributed by atoms with Gasteiger partial charge in [0.1, 0.15) is 0 Å². The Bertz CT molecular complexity index is 301. The average Bonchev–Trinajstić information content (AvgIpc) is 2.03. The smallest absolute Gasteiger partial charge is 0.328 e. The van der Waals surface area contributed by atoms with Crippen molar-refractivity contribution in [2.45, 2.75) is 6.92 Å². The van der Waals surface area contributed by atoms with Crippen molar-refractivity contribution in [3.8, 4) is 0 Å². The predicted molar refractivity (Wildman–Crippen MR) is 55.1 cm³/mol. The zero-order chi connectivity index (χ0) is 8.97. The molecule has 1 aromatic rings. The van der Waals surface area contributed by atoms with Crippen LogP contribution in [0.15, 0.2) is 30.3 Å². The molecule has 0 atom stereocenters. The number of carbonyl (C=O) groups is 1. The van der Waals surface area contributed by atoms with Gasteiger partial charge in [0.25, 0.3) is 0 Å². The van der Waals surface area contributed by atoms with Gasteiger partial charge in [-0.2, -0.15) is 0 Å². The van der Waals surface area contributed by atoms with E-state index in [2.05, 4.69) is 0 Å². The zero-order valence-corrected chi connectivity index (χ0v) is 8.04. The minimum absolute atomic E-state index is 0. The standard InChI is InChI=1S/C10H10O2.ClH/c1-8-2-4-9(5-3-8)6-7-10(11)12;/h2-7H,1H3,(H,11,12);1H. The van der Waals surface area contributed by atoms with Crippen LogP contribution in [-0.2, 0) is 4.79 Å². The van der Waals surface area contributed by atoms with E-state index < -0.39 is 5.97 Å². The molecule has 0 aliphatic carbocycles. The Morgan fingerprint density at radius 2 is 1.85 bits per heavy atom. The SMILES string of the molecule is Cc1ccc(C=CC(=O)O)cc1.Cl. The molecule has 2 nitrogen and oxygen atoms in total. The number of benzene rings is 1. The van der Waals surface area contributed by atoms with Gasteiger partial charge in [0.05, 0.1) is 0 Å². The van der Waals surface area contributed by atoms with Crippen molar-refractivity contribution in [1.82, 2.24) is 0 Å². The maximum atomic E-state index is 10.2. The highest BCUT2D eigenvalue weighted by atomic mass is 35.5. The van der Waals surface area contributed by atoms with Gasteiger partial charge in [-0.15, -0.1) is 12.4 Å². The third-order valence-electron chi connectivity index (χ3n) is 1.50. The van der Waals surface area contributed by atoms with E-state index in [1.54, 1.807) is 6.08 Å². The Morgan fingerprint density at radius 1 is 1.31 bits per heavy atom. The van der Waals surface area contributed by atoms with E-state index in [1.807, 2.05) is 31.2 Å². The number of carboxylic acid groups (broad SMARTS) is 1. The van der Waals surface area contributed by atoms with E-state index in [1.165, 1.54) is 5.56 Å². The number of aliphatic carboxylic acids is 1. The molecule has 0 saturated carbocycles. The van der Waals surface area contributed by atoms with Crippen molar-refractivity contribution in [2.75, 3.05) is 0 Å². The Hall–Kier alpha value is -1.28. The second kappa shape index (κ2) is 5.38. The van der Waals surface area contributed by atoms with E-state index in [0.717, 1.165) is 11.6 Å². The third kappa shape index (κ3) is 4.33. The number of aryl methyl sites for hydroxylation is 1. The van der Waals surface area contributed by atoms with Gasteiger partial charge in [0, 0.05) is 6.08 Å². The van der Waals surface area contributed by atoms with Crippen LogP contribution in [0.4, 0.5) is 0 Å². The Balaban J connectivity index is 0.00000144. The molecule has 70 valence electrons. The molecule has 0 aromatic heterocycles. The molecule has 13 heavy (non-hydrogen) atoms. The van der Waals surface area contributed by atoms with Gasteiger partial charge in [-0.1, -0.05) is 29.8 Å². The van der Waals surface area contributed by atoms with E-state index in [9.17, 15) is 4.79 Å². The summed E-state index contributed by atoms with van der Waals surface area (Å²) >= 11 is 0. The number of hydrogen-bond donors (Lipinski definition) is 1. The van der Waals surface area contributed by atoms with Crippen molar-refractivity contribution in [3.05, 3.63) is 41.5 Å². The summed E-state index contributed by atoms with van der Waals surface area (Å²) in [6.45, 7) is 1.99. The summed E-state index contributed by atoms with van der Waals surface area (Å²) < 4.78 is 0. The summed E-state index contributed by atoms with van der Waals surface area (Å²) in [6, 6.07) is 7.66. The number of halogens is 1. The fourth-order valence-electron chi connectivity index (χ4n) is 0.845. The van der Waals surface area contributed by atoms with Crippen LogP contribution in [0.2, 0.25) is 0 Å². The molecular formula is C10H11ClO2. The molecule has 1 N–H and O–H groups in total. The first kappa shape index (κ1) is 11.7. The van der Waals surface area contributed by atoms with Crippen LogP contribution in [0, 0.1) is 6.92 Å². The van der Waals surface area contributed by atoms with Crippen LogP contribution in [-0.4, -0.2) is 11.1 Å². The summed E-state index contributed by atoms with van der Waals surface area (Å²) in [5.74, 6) is -0.921. The molecule has 1 aromatic carbocycles. The molecule has 3 heteroatoms. The summed E-state index contributed by atoms with van der Waals surface area (Å²) in [4.78, 5) is 10.2. The monoisotopic (exact) mass is 198 g/mol. The third-order valence-corrected chi connectivity index (χ3v) is 1.50. The topological polar surface area (TPSA) is 37.3 Å². The second-order valence-corrected chi connectivity index (χ2v) is 2.58. The van der Waals surface area contributed by atoms with Crippen molar-refractivity contribution in [2.24, 2.45) is 0 Å². The molecule has 1 rings (SSSR count). The molecule has 0 amide bonds. The molecule has 0 bridgehead atoms. The average molecular weight is 199 g/mol. The lowest BCUT2D eigenvalue weighted by Crippen LogP contribution is -1.85. The molecule has 0 radical (unpaired) electrons. The highest BCUT2D eigenvalue weighted by Gasteiger charge is 1.88. The maximum Gasteiger partial charge on any atom is 0.328 e. The van der Waals surface area contributed by atoms with Gasteiger partial charge in [-0.3, -0.25) is 0 Å².